The van der Waals surface area contributed by atoms with Gasteiger partial charge in [-0.1, -0.05) is 11.6 Å². The Labute approximate surface area is 159 Å². The number of aliphatic hydroxyl groups is 1. The minimum absolute atomic E-state index is 0.0246. The first-order chi connectivity index (χ1) is 13.0. The van der Waals surface area contributed by atoms with Gasteiger partial charge in [0.15, 0.2) is 5.65 Å². The second-order valence-corrected chi connectivity index (χ2v) is 6.61. The van der Waals surface area contributed by atoms with E-state index in [4.69, 9.17) is 16.6 Å². The maximum atomic E-state index is 9.25. The Morgan fingerprint density at radius 3 is 2.70 bits per heavy atom. The lowest BCUT2D eigenvalue weighted by atomic mass is 10.2. The summed E-state index contributed by atoms with van der Waals surface area (Å²) in [5.41, 5.74) is 3.32. The molecule has 0 aliphatic carbocycles. The van der Waals surface area contributed by atoms with E-state index in [1.54, 1.807) is 39.9 Å². The number of hydrogen-bond donors (Lipinski definition) is 2. The molecule has 4 aromatic heterocycles. The van der Waals surface area contributed by atoms with Gasteiger partial charge >= 0.3 is 0 Å². The number of aryl methyl sites for hydroxylation is 1. The second kappa shape index (κ2) is 6.93. The van der Waals surface area contributed by atoms with E-state index in [2.05, 4.69) is 25.5 Å². The Bertz CT molecular complexity index is 1090. The molecule has 0 amide bonds. The second-order valence-electron chi connectivity index (χ2n) is 6.17. The van der Waals surface area contributed by atoms with E-state index in [-0.39, 0.29) is 12.6 Å². The van der Waals surface area contributed by atoms with E-state index >= 15 is 0 Å². The first-order valence-electron chi connectivity index (χ1n) is 8.29. The number of aliphatic hydroxyl groups excluding tert-OH is 1. The monoisotopic (exact) mass is 384 g/mol. The van der Waals surface area contributed by atoms with Gasteiger partial charge in [0.05, 0.1) is 29.7 Å². The fourth-order valence-corrected chi connectivity index (χ4v) is 2.72. The van der Waals surface area contributed by atoms with Crippen LogP contribution in [-0.4, -0.2) is 52.1 Å². The molecule has 9 nitrogen and oxygen atoms in total. The van der Waals surface area contributed by atoms with Crippen molar-refractivity contribution in [2.24, 2.45) is 7.05 Å². The molecule has 10 heteroatoms. The van der Waals surface area contributed by atoms with E-state index < -0.39 is 0 Å². The zero-order valence-corrected chi connectivity index (χ0v) is 15.5. The summed E-state index contributed by atoms with van der Waals surface area (Å²) in [7, 11) is 1.84. The van der Waals surface area contributed by atoms with Gasteiger partial charge < -0.3 is 10.4 Å². The third-order valence-corrected chi connectivity index (χ3v) is 4.16. The van der Waals surface area contributed by atoms with Crippen molar-refractivity contribution in [2.75, 3.05) is 11.9 Å². The molecule has 0 spiro atoms. The highest BCUT2D eigenvalue weighted by Crippen LogP contribution is 2.26. The molecule has 0 unspecified atom stereocenters. The molecule has 0 fully saturated rings. The maximum Gasteiger partial charge on any atom is 0.243 e. The summed E-state index contributed by atoms with van der Waals surface area (Å²) in [5.74, 6) is 0.407. The van der Waals surface area contributed by atoms with Crippen LogP contribution < -0.4 is 5.32 Å². The Morgan fingerprint density at radius 1 is 1.19 bits per heavy atom. The highest BCUT2D eigenvalue weighted by Gasteiger charge is 2.17. The van der Waals surface area contributed by atoms with Crippen molar-refractivity contribution >= 4 is 23.2 Å². The van der Waals surface area contributed by atoms with Gasteiger partial charge in [-0.05, 0) is 19.1 Å². The number of fused-ring (bicyclic) bond motifs is 1. The van der Waals surface area contributed by atoms with Crippen molar-refractivity contribution in [1.29, 1.82) is 0 Å². The molecule has 2 N–H and O–H groups in total. The van der Waals surface area contributed by atoms with Crippen molar-refractivity contribution in [3.63, 3.8) is 0 Å². The molecule has 1 atom stereocenters. The molecule has 0 aliphatic heterocycles. The summed E-state index contributed by atoms with van der Waals surface area (Å²) >= 11 is 5.94. The molecular formula is C17H17ClN8O. The third-order valence-electron chi connectivity index (χ3n) is 3.94. The van der Waals surface area contributed by atoms with E-state index in [0.717, 1.165) is 5.56 Å². The van der Waals surface area contributed by atoms with Gasteiger partial charge in [-0.25, -0.2) is 9.50 Å². The normalized spacial score (nSPS) is 12.4. The van der Waals surface area contributed by atoms with Gasteiger partial charge in [0.25, 0.3) is 0 Å². The zero-order valence-electron chi connectivity index (χ0n) is 14.7. The van der Waals surface area contributed by atoms with Crippen molar-refractivity contribution in [3.8, 4) is 22.6 Å². The number of nitrogens with one attached hydrogen (secondary N) is 1. The molecule has 27 heavy (non-hydrogen) atoms. The molecule has 4 aromatic rings. The molecule has 138 valence electrons. The van der Waals surface area contributed by atoms with Gasteiger partial charge in [0.1, 0.15) is 11.4 Å². The number of pyridine rings is 1. The van der Waals surface area contributed by atoms with Crippen LogP contribution in [0.5, 0.6) is 0 Å². The minimum Gasteiger partial charge on any atom is -0.394 e. The molecule has 4 rings (SSSR count). The standard InChI is InChI=1S/C17H17ClN8O/c1-10(9-27)21-17-23-16-15(11-5-20-25(2)7-11)22-14(8-26(16)24-17)13-4-3-12(18)6-19-13/h3-8,10,27H,9H2,1-2H3,(H,21,24)/t10-/m0/s1. The van der Waals surface area contributed by atoms with Crippen LogP contribution in [0.4, 0.5) is 5.95 Å². The third kappa shape index (κ3) is 3.46. The van der Waals surface area contributed by atoms with Crippen LogP contribution in [0.2, 0.25) is 5.02 Å². The number of aromatic nitrogens is 7. The van der Waals surface area contributed by atoms with Crippen molar-refractivity contribution in [2.45, 2.75) is 13.0 Å². The number of rotatable bonds is 5. The van der Waals surface area contributed by atoms with Gasteiger partial charge in [-0.15, -0.1) is 5.10 Å². The van der Waals surface area contributed by atoms with Crippen LogP contribution in [0.25, 0.3) is 28.3 Å². The summed E-state index contributed by atoms with van der Waals surface area (Å²) in [6.07, 6.45) is 6.91. The van der Waals surface area contributed by atoms with Crippen LogP contribution in [0, 0.1) is 0 Å². The molecule has 0 saturated carbocycles. The first kappa shape index (κ1) is 17.4. The predicted molar refractivity (Wildman–Crippen MR) is 101 cm³/mol. The smallest absolute Gasteiger partial charge is 0.243 e. The fourth-order valence-electron chi connectivity index (χ4n) is 2.60. The van der Waals surface area contributed by atoms with Gasteiger partial charge in [-0.2, -0.15) is 10.1 Å². The fraction of sp³-hybridized carbons (Fsp3) is 0.235. The number of hydrogen-bond acceptors (Lipinski definition) is 7. The molecule has 0 aromatic carbocycles. The van der Waals surface area contributed by atoms with Crippen molar-refractivity contribution in [3.05, 3.63) is 41.9 Å². The Morgan fingerprint density at radius 2 is 2.04 bits per heavy atom. The highest BCUT2D eigenvalue weighted by molar-refractivity contribution is 6.30. The van der Waals surface area contributed by atoms with E-state index in [1.807, 2.05) is 20.2 Å². The number of anilines is 1. The number of halogens is 1. The summed E-state index contributed by atoms with van der Waals surface area (Å²) in [6.45, 7) is 1.82. The Balaban J connectivity index is 1.89. The topological polar surface area (TPSA) is 106 Å². The van der Waals surface area contributed by atoms with E-state index in [0.29, 0.717) is 33.7 Å². The van der Waals surface area contributed by atoms with Crippen molar-refractivity contribution in [1.82, 2.24) is 34.3 Å². The zero-order chi connectivity index (χ0) is 19.0. The molecule has 0 aliphatic rings. The Hall–Kier alpha value is -3.04. The minimum atomic E-state index is -0.172. The summed E-state index contributed by atoms with van der Waals surface area (Å²) in [5, 5.41) is 21.5. The highest BCUT2D eigenvalue weighted by atomic mass is 35.5. The molecule has 0 radical (unpaired) electrons. The lowest BCUT2D eigenvalue weighted by Crippen LogP contribution is -2.20. The average Bonchev–Trinajstić information content (AvgIpc) is 3.27. The largest absolute Gasteiger partial charge is 0.394 e. The summed E-state index contributed by atoms with van der Waals surface area (Å²) in [6, 6.07) is 3.39. The predicted octanol–water partition coefficient (Wildman–Crippen LogP) is 2.03. The average molecular weight is 385 g/mol. The van der Waals surface area contributed by atoms with Gasteiger partial charge in [-0.3, -0.25) is 9.67 Å². The lowest BCUT2D eigenvalue weighted by Gasteiger charge is -2.06. The maximum absolute atomic E-state index is 9.25. The van der Waals surface area contributed by atoms with Crippen LogP contribution in [0.3, 0.4) is 0 Å². The quantitative estimate of drug-likeness (QED) is 0.542. The molecule has 0 bridgehead atoms. The van der Waals surface area contributed by atoms with E-state index in [1.165, 1.54) is 0 Å². The van der Waals surface area contributed by atoms with Crippen molar-refractivity contribution < 1.29 is 5.11 Å². The lowest BCUT2D eigenvalue weighted by molar-refractivity contribution is 0.281. The van der Waals surface area contributed by atoms with Crippen LogP contribution in [-0.2, 0) is 7.05 Å². The summed E-state index contributed by atoms with van der Waals surface area (Å²) in [4.78, 5) is 13.6. The van der Waals surface area contributed by atoms with Crippen LogP contribution in [0.1, 0.15) is 6.92 Å². The molecule has 0 saturated heterocycles. The molecule has 4 heterocycles. The first-order valence-corrected chi connectivity index (χ1v) is 8.67. The van der Waals surface area contributed by atoms with Crippen LogP contribution >= 0.6 is 11.6 Å². The Kier molecular flexibility index (Phi) is 4.46. The SMILES string of the molecule is C[C@@H](CO)Nc1nc2c(-c3cnn(C)c3)nc(-c3ccc(Cl)cn3)cn2n1. The van der Waals surface area contributed by atoms with Crippen LogP contribution in [0.15, 0.2) is 36.9 Å². The van der Waals surface area contributed by atoms with E-state index in [9.17, 15) is 5.11 Å². The number of nitrogens with zero attached hydrogens (tertiary/aromatic N) is 7. The summed E-state index contributed by atoms with van der Waals surface area (Å²) < 4.78 is 3.34. The molecular weight excluding hydrogens is 368 g/mol. The van der Waals surface area contributed by atoms with Gasteiger partial charge in [0, 0.05) is 31.0 Å². The van der Waals surface area contributed by atoms with Gasteiger partial charge in [0.2, 0.25) is 5.95 Å².